The minimum Gasteiger partial charge on any atom is -0.496 e. The number of ether oxygens (including phenoxy) is 1. The van der Waals surface area contributed by atoms with Crippen molar-refractivity contribution in [3.05, 3.63) is 28.8 Å². The van der Waals surface area contributed by atoms with Gasteiger partial charge in [0.25, 0.3) is 0 Å². The van der Waals surface area contributed by atoms with Crippen LogP contribution in [0.1, 0.15) is 36.6 Å². The molecule has 2 N–H and O–H groups in total. The largest absolute Gasteiger partial charge is 0.496 e. The number of aliphatic hydroxyl groups excluding tert-OH is 1. The van der Waals surface area contributed by atoms with Crippen LogP contribution in [0.3, 0.4) is 0 Å². The summed E-state index contributed by atoms with van der Waals surface area (Å²) in [5, 5.41) is 19.9. The van der Waals surface area contributed by atoms with Gasteiger partial charge in [0.15, 0.2) is 0 Å². The van der Waals surface area contributed by atoms with Crippen LogP contribution in [0.4, 0.5) is 0 Å². The molecular formula is C13H20O3. The van der Waals surface area contributed by atoms with Gasteiger partial charge in [-0.05, 0) is 38.8 Å². The lowest BCUT2D eigenvalue weighted by atomic mass is 9.91. The van der Waals surface area contributed by atoms with Crippen LogP contribution in [-0.2, 0) is 0 Å². The van der Waals surface area contributed by atoms with Gasteiger partial charge in [0.05, 0.1) is 12.7 Å². The highest BCUT2D eigenvalue weighted by Gasteiger charge is 2.29. The summed E-state index contributed by atoms with van der Waals surface area (Å²) in [5.41, 5.74) is 1.53. The van der Waals surface area contributed by atoms with Gasteiger partial charge < -0.3 is 14.9 Å². The van der Waals surface area contributed by atoms with Gasteiger partial charge in [-0.15, -0.1) is 0 Å². The molecule has 0 aliphatic carbocycles. The highest BCUT2D eigenvalue weighted by atomic mass is 16.5. The van der Waals surface area contributed by atoms with E-state index < -0.39 is 11.7 Å². The molecule has 1 rings (SSSR count). The molecule has 3 heteroatoms. The first kappa shape index (κ1) is 13.0. The van der Waals surface area contributed by atoms with E-state index in [9.17, 15) is 10.2 Å². The van der Waals surface area contributed by atoms with Crippen molar-refractivity contribution >= 4 is 0 Å². The van der Waals surface area contributed by atoms with Crippen molar-refractivity contribution in [3.8, 4) is 5.75 Å². The van der Waals surface area contributed by atoms with Crippen LogP contribution >= 0.6 is 0 Å². The first-order chi connectivity index (χ1) is 7.29. The summed E-state index contributed by atoms with van der Waals surface area (Å²) in [6.45, 7) is 7.07. The van der Waals surface area contributed by atoms with Crippen LogP contribution in [-0.4, -0.2) is 22.9 Å². The van der Waals surface area contributed by atoms with Crippen molar-refractivity contribution in [3.63, 3.8) is 0 Å². The Kier molecular flexibility index (Phi) is 3.61. The number of methoxy groups -OCH3 is 1. The molecular weight excluding hydrogens is 204 g/mol. The average molecular weight is 224 g/mol. The highest BCUT2D eigenvalue weighted by molar-refractivity contribution is 5.46. The second-order valence-electron chi connectivity index (χ2n) is 4.69. The highest BCUT2D eigenvalue weighted by Crippen LogP contribution is 2.35. The second kappa shape index (κ2) is 4.44. The summed E-state index contributed by atoms with van der Waals surface area (Å²) < 4.78 is 5.30. The van der Waals surface area contributed by atoms with E-state index in [1.165, 1.54) is 0 Å². The Balaban J connectivity index is 3.30. The van der Waals surface area contributed by atoms with Crippen molar-refractivity contribution in [1.82, 2.24) is 0 Å². The average Bonchev–Trinajstić information content (AvgIpc) is 2.19. The van der Waals surface area contributed by atoms with E-state index in [-0.39, 0.29) is 0 Å². The Morgan fingerprint density at radius 1 is 1.25 bits per heavy atom. The third-order valence-corrected chi connectivity index (χ3v) is 2.88. The lowest BCUT2D eigenvalue weighted by molar-refractivity contribution is -0.0506. The molecule has 1 unspecified atom stereocenters. The van der Waals surface area contributed by atoms with Crippen molar-refractivity contribution in [1.29, 1.82) is 0 Å². The van der Waals surface area contributed by atoms with Crippen molar-refractivity contribution in [2.75, 3.05) is 7.11 Å². The van der Waals surface area contributed by atoms with E-state index in [0.29, 0.717) is 11.3 Å². The van der Waals surface area contributed by atoms with Crippen LogP contribution in [0.25, 0.3) is 0 Å². The molecule has 0 bridgehead atoms. The molecule has 1 atom stereocenters. The topological polar surface area (TPSA) is 49.7 Å². The molecule has 0 radical (unpaired) electrons. The predicted molar refractivity (Wildman–Crippen MR) is 63.7 cm³/mol. The Morgan fingerprint density at radius 3 is 2.25 bits per heavy atom. The molecule has 0 saturated heterocycles. The minimum absolute atomic E-state index is 0.623. The Bertz CT molecular complexity index is 377. The number of hydrogen-bond acceptors (Lipinski definition) is 3. The molecule has 1 aromatic carbocycles. The molecule has 0 spiro atoms. The van der Waals surface area contributed by atoms with Crippen molar-refractivity contribution < 1.29 is 14.9 Å². The molecule has 0 fully saturated rings. The zero-order chi connectivity index (χ0) is 12.5. The van der Waals surface area contributed by atoms with E-state index in [0.717, 1.165) is 11.1 Å². The smallest absolute Gasteiger partial charge is 0.127 e. The molecule has 0 amide bonds. The number of aryl methyl sites for hydroxylation is 1. The van der Waals surface area contributed by atoms with Gasteiger partial charge in [-0.1, -0.05) is 12.1 Å². The summed E-state index contributed by atoms with van der Waals surface area (Å²) in [5.74, 6) is 0.648. The number of benzene rings is 1. The first-order valence-electron chi connectivity index (χ1n) is 5.33. The van der Waals surface area contributed by atoms with E-state index in [1.54, 1.807) is 27.0 Å². The molecule has 16 heavy (non-hydrogen) atoms. The van der Waals surface area contributed by atoms with Gasteiger partial charge in [0.2, 0.25) is 0 Å². The van der Waals surface area contributed by atoms with Crippen molar-refractivity contribution in [2.45, 2.75) is 39.4 Å². The number of hydrogen-bond donors (Lipinski definition) is 2. The summed E-state index contributed by atoms with van der Waals surface area (Å²) in [6, 6.07) is 3.71. The minimum atomic E-state index is -1.19. The third-order valence-electron chi connectivity index (χ3n) is 2.88. The van der Waals surface area contributed by atoms with Crippen LogP contribution in [0, 0.1) is 13.8 Å². The van der Waals surface area contributed by atoms with Crippen LogP contribution < -0.4 is 4.74 Å². The zero-order valence-corrected chi connectivity index (χ0v) is 10.5. The van der Waals surface area contributed by atoms with Crippen molar-refractivity contribution in [2.24, 2.45) is 0 Å². The molecule has 0 aliphatic heterocycles. The van der Waals surface area contributed by atoms with Gasteiger partial charge >= 0.3 is 0 Å². The number of aliphatic hydroxyl groups is 2. The normalized spacial score (nSPS) is 13.7. The Morgan fingerprint density at radius 2 is 1.81 bits per heavy atom. The molecule has 0 aliphatic rings. The zero-order valence-electron chi connectivity index (χ0n) is 10.5. The summed E-state index contributed by atoms with van der Waals surface area (Å²) in [7, 11) is 1.57. The fourth-order valence-corrected chi connectivity index (χ4v) is 1.68. The predicted octanol–water partition coefficient (Wildman–Crippen LogP) is 2.12. The second-order valence-corrected chi connectivity index (χ2v) is 4.69. The van der Waals surface area contributed by atoms with Gasteiger partial charge in [-0.3, -0.25) is 0 Å². The molecule has 0 aromatic heterocycles. The van der Waals surface area contributed by atoms with Crippen LogP contribution in [0.15, 0.2) is 12.1 Å². The van der Waals surface area contributed by atoms with Gasteiger partial charge in [-0.25, -0.2) is 0 Å². The Hall–Kier alpha value is -1.06. The maximum atomic E-state index is 10.1. The molecule has 0 saturated carbocycles. The van der Waals surface area contributed by atoms with E-state index in [1.807, 2.05) is 19.9 Å². The van der Waals surface area contributed by atoms with E-state index in [4.69, 9.17) is 4.74 Å². The molecule has 90 valence electrons. The summed E-state index contributed by atoms with van der Waals surface area (Å²) >= 11 is 0. The Labute approximate surface area is 96.7 Å². The standard InChI is InChI=1S/C13H20O3/c1-8-6-7-10(11(16-5)9(8)2)12(14)13(3,4)15/h6-7,12,14-15H,1-5H3. The fourth-order valence-electron chi connectivity index (χ4n) is 1.68. The van der Waals surface area contributed by atoms with Gasteiger partial charge in [-0.2, -0.15) is 0 Å². The third kappa shape index (κ3) is 2.36. The van der Waals surface area contributed by atoms with E-state index >= 15 is 0 Å². The summed E-state index contributed by atoms with van der Waals surface area (Å²) in [6.07, 6.45) is -0.957. The molecule has 3 nitrogen and oxygen atoms in total. The maximum absolute atomic E-state index is 10.1. The lowest BCUT2D eigenvalue weighted by Crippen LogP contribution is -2.29. The fraction of sp³-hybridized carbons (Fsp3) is 0.538. The van der Waals surface area contributed by atoms with Crippen LogP contribution in [0.5, 0.6) is 5.75 Å². The number of rotatable bonds is 3. The molecule has 0 heterocycles. The van der Waals surface area contributed by atoms with Gasteiger partial charge in [0, 0.05) is 5.56 Å². The van der Waals surface area contributed by atoms with Crippen LogP contribution in [0.2, 0.25) is 0 Å². The van der Waals surface area contributed by atoms with Gasteiger partial charge in [0.1, 0.15) is 11.9 Å². The van der Waals surface area contributed by atoms with E-state index in [2.05, 4.69) is 0 Å². The first-order valence-corrected chi connectivity index (χ1v) is 5.33. The quantitative estimate of drug-likeness (QED) is 0.826. The summed E-state index contributed by atoms with van der Waals surface area (Å²) in [4.78, 5) is 0. The lowest BCUT2D eigenvalue weighted by Gasteiger charge is -2.27. The SMILES string of the molecule is COc1c(C(O)C(C)(C)O)ccc(C)c1C. The monoisotopic (exact) mass is 224 g/mol. The molecule has 1 aromatic rings. The maximum Gasteiger partial charge on any atom is 0.127 e.